The second kappa shape index (κ2) is 4.57. The Balaban J connectivity index is 2.61. The summed E-state index contributed by atoms with van der Waals surface area (Å²) in [6, 6.07) is 6.66. The molecule has 0 spiro atoms. The monoisotopic (exact) mass is 233 g/mol. The minimum atomic E-state index is -0.260. The number of nitrogen functional groups attached to an aromatic ring is 1. The molecule has 0 saturated carbocycles. The van der Waals surface area contributed by atoms with Gasteiger partial charge in [-0.3, -0.25) is 4.68 Å². The third kappa shape index (κ3) is 2.02. The average molecular weight is 233 g/mol. The number of aromatic nitrogens is 2. The molecule has 0 atom stereocenters. The minimum absolute atomic E-state index is 0.260. The van der Waals surface area contributed by atoms with Crippen LogP contribution < -0.4 is 5.73 Å². The molecule has 0 fully saturated rings. The van der Waals surface area contributed by atoms with Crippen molar-refractivity contribution in [3.63, 3.8) is 0 Å². The zero-order chi connectivity index (χ0) is 12.4. The number of rotatable bonds is 3. The van der Waals surface area contributed by atoms with E-state index >= 15 is 0 Å². The lowest BCUT2D eigenvalue weighted by atomic mass is 10.0. The summed E-state index contributed by atoms with van der Waals surface area (Å²) in [6.45, 7) is 2.07. The van der Waals surface area contributed by atoms with Gasteiger partial charge in [0.2, 0.25) is 0 Å². The maximum absolute atomic E-state index is 13.8. The smallest absolute Gasteiger partial charge is 0.131 e. The first kappa shape index (κ1) is 11.6. The molecule has 2 N–H and O–H groups in total. The Kier molecular flexibility index (Phi) is 3.13. The molecule has 0 saturated heterocycles. The highest BCUT2D eigenvalue weighted by atomic mass is 19.1. The molecule has 0 aliphatic rings. The first-order chi connectivity index (χ1) is 8.15. The van der Waals surface area contributed by atoms with Crippen LogP contribution in [0.3, 0.4) is 0 Å². The predicted molar refractivity (Wildman–Crippen MR) is 67.0 cm³/mol. The number of aryl methyl sites for hydroxylation is 2. The maximum atomic E-state index is 13.8. The Morgan fingerprint density at radius 1 is 1.35 bits per heavy atom. The summed E-state index contributed by atoms with van der Waals surface area (Å²) < 4.78 is 15.4. The molecule has 3 nitrogen and oxygen atoms in total. The Labute approximate surface area is 100 Å². The van der Waals surface area contributed by atoms with Crippen LogP contribution in [0, 0.1) is 5.82 Å². The van der Waals surface area contributed by atoms with E-state index in [1.54, 1.807) is 29.9 Å². The molecule has 0 aliphatic carbocycles. The SMILES string of the molecule is CCCc1nn(C)c(N)c1-c1ccccc1F. The number of anilines is 1. The molecule has 4 heteroatoms. The van der Waals surface area contributed by atoms with E-state index in [0.717, 1.165) is 24.1 Å². The quantitative estimate of drug-likeness (QED) is 0.885. The highest BCUT2D eigenvalue weighted by Crippen LogP contribution is 2.31. The molecule has 1 heterocycles. The van der Waals surface area contributed by atoms with E-state index in [1.165, 1.54) is 6.07 Å². The first-order valence-electron chi connectivity index (χ1n) is 5.71. The third-order valence-electron chi connectivity index (χ3n) is 2.79. The largest absolute Gasteiger partial charge is 0.383 e. The number of halogens is 1. The van der Waals surface area contributed by atoms with Gasteiger partial charge in [-0.1, -0.05) is 31.5 Å². The van der Waals surface area contributed by atoms with E-state index in [0.29, 0.717) is 11.4 Å². The van der Waals surface area contributed by atoms with Gasteiger partial charge < -0.3 is 5.73 Å². The number of nitrogens with two attached hydrogens (primary N) is 1. The summed E-state index contributed by atoms with van der Waals surface area (Å²) in [5.74, 6) is 0.253. The molecule has 1 aromatic carbocycles. The zero-order valence-electron chi connectivity index (χ0n) is 10.1. The van der Waals surface area contributed by atoms with Crippen molar-refractivity contribution in [2.75, 3.05) is 5.73 Å². The van der Waals surface area contributed by atoms with Gasteiger partial charge in [-0.2, -0.15) is 5.10 Å². The van der Waals surface area contributed by atoms with E-state index in [2.05, 4.69) is 12.0 Å². The van der Waals surface area contributed by atoms with Gasteiger partial charge in [-0.05, 0) is 12.5 Å². The second-order valence-corrected chi connectivity index (χ2v) is 4.06. The fourth-order valence-corrected chi connectivity index (χ4v) is 1.96. The highest BCUT2D eigenvalue weighted by molar-refractivity contribution is 5.77. The molecular weight excluding hydrogens is 217 g/mol. The van der Waals surface area contributed by atoms with Crippen molar-refractivity contribution in [3.8, 4) is 11.1 Å². The molecule has 90 valence electrons. The van der Waals surface area contributed by atoms with Crippen LogP contribution in [0.25, 0.3) is 11.1 Å². The van der Waals surface area contributed by atoms with Crippen LogP contribution in [-0.2, 0) is 13.5 Å². The van der Waals surface area contributed by atoms with Gasteiger partial charge >= 0.3 is 0 Å². The Morgan fingerprint density at radius 2 is 2.06 bits per heavy atom. The topological polar surface area (TPSA) is 43.8 Å². The van der Waals surface area contributed by atoms with Gasteiger partial charge in [0.05, 0.1) is 5.69 Å². The molecule has 0 aliphatic heterocycles. The summed E-state index contributed by atoms with van der Waals surface area (Å²) in [4.78, 5) is 0. The van der Waals surface area contributed by atoms with Crippen molar-refractivity contribution in [1.29, 1.82) is 0 Å². The van der Waals surface area contributed by atoms with Crippen molar-refractivity contribution in [2.24, 2.45) is 7.05 Å². The highest BCUT2D eigenvalue weighted by Gasteiger charge is 2.17. The lowest BCUT2D eigenvalue weighted by molar-refractivity contribution is 0.631. The van der Waals surface area contributed by atoms with Crippen molar-refractivity contribution in [3.05, 3.63) is 35.8 Å². The molecule has 0 bridgehead atoms. The molecule has 0 unspecified atom stereocenters. The van der Waals surface area contributed by atoms with Crippen molar-refractivity contribution < 1.29 is 4.39 Å². The van der Waals surface area contributed by atoms with Crippen LogP contribution in [-0.4, -0.2) is 9.78 Å². The molecule has 2 aromatic rings. The van der Waals surface area contributed by atoms with Crippen LogP contribution in [0.5, 0.6) is 0 Å². The number of benzene rings is 1. The summed E-state index contributed by atoms with van der Waals surface area (Å²) in [5.41, 5.74) is 8.09. The fourth-order valence-electron chi connectivity index (χ4n) is 1.96. The van der Waals surface area contributed by atoms with Crippen LogP contribution in [0.1, 0.15) is 19.0 Å². The lowest BCUT2D eigenvalue weighted by Crippen LogP contribution is -1.98. The number of hydrogen-bond acceptors (Lipinski definition) is 2. The van der Waals surface area contributed by atoms with Gasteiger partial charge in [0, 0.05) is 18.2 Å². The second-order valence-electron chi connectivity index (χ2n) is 4.06. The lowest BCUT2D eigenvalue weighted by Gasteiger charge is -2.04. The third-order valence-corrected chi connectivity index (χ3v) is 2.79. The van der Waals surface area contributed by atoms with Crippen LogP contribution >= 0.6 is 0 Å². The van der Waals surface area contributed by atoms with Gasteiger partial charge in [-0.25, -0.2) is 4.39 Å². The van der Waals surface area contributed by atoms with Gasteiger partial charge in [0.25, 0.3) is 0 Å². The maximum Gasteiger partial charge on any atom is 0.131 e. The average Bonchev–Trinajstić information content (AvgIpc) is 2.57. The van der Waals surface area contributed by atoms with E-state index in [9.17, 15) is 4.39 Å². The Morgan fingerprint density at radius 3 is 2.71 bits per heavy atom. The van der Waals surface area contributed by atoms with E-state index < -0.39 is 0 Å². The Hall–Kier alpha value is -1.84. The van der Waals surface area contributed by atoms with Crippen LogP contribution in [0.2, 0.25) is 0 Å². The minimum Gasteiger partial charge on any atom is -0.383 e. The van der Waals surface area contributed by atoms with E-state index in [1.807, 2.05) is 0 Å². The zero-order valence-corrected chi connectivity index (χ0v) is 10.1. The summed E-state index contributed by atoms with van der Waals surface area (Å²) in [7, 11) is 1.78. The molecular formula is C13H16FN3. The Bertz CT molecular complexity index is 531. The molecule has 1 aromatic heterocycles. The normalized spacial score (nSPS) is 10.8. The predicted octanol–water partition coefficient (Wildman–Crippen LogP) is 2.76. The first-order valence-corrected chi connectivity index (χ1v) is 5.71. The number of nitrogens with zero attached hydrogens (tertiary/aromatic N) is 2. The molecule has 2 rings (SSSR count). The van der Waals surface area contributed by atoms with Gasteiger partial charge in [0.15, 0.2) is 0 Å². The van der Waals surface area contributed by atoms with E-state index in [-0.39, 0.29) is 5.82 Å². The van der Waals surface area contributed by atoms with Crippen LogP contribution in [0.4, 0.5) is 10.2 Å². The summed E-state index contributed by atoms with van der Waals surface area (Å²) >= 11 is 0. The van der Waals surface area contributed by atoms with Crippen LogP contribution in [0.15, 0.2) is 24.3 Å². The number of hydrogen-bond donors (Lipinski definition) is 1. The standard InChI is InChI=1S/C13H16FN3/c1-3-6-11-12(13(15)17(2)16-11)9-7-4-5-8-10(9)14/h4-5,7-8H,3,6,15H2,1-2H3. The van der Waals surface area contributed by atoms with Crippen molar-refractivity contribution >= 4 is 5.82 Å². The fraction of sp³-hybridized carbons (Fsp3) is 0.308. The van der Waals surface area contributed by atoms with Gasteiger partial charge in [-0.15, -0.1) is 0 Å². The van der Waals surface area contributed by atoms with Crippen molar-refractivity contribution in [2.45, 2.75) is 19.8 Å². The molecule has 0 radical (unpaired) electrons. The van der Waals surface area contributed by atoms with E-state index in [4.69, 9.17) is 5.73 Å². The van der Waals surface area contributed by atoms with Gasteiger partial charge in [0.1, 0.15) is 11.6 Å². The van der Waals surface area contributed by atoms with Crippen molar-refractivity contribution in [1.82, 2.24) is 9.78 Å². The summed E-state index contributed by atoms with van der Waals surface area (Å²) in [5, 5.41) is 4.34. The summed E-state index contributed by atoms with van der Waals surface area (Å²) in [6.07, 6.45) is 1.76. The molecule has 17 heavy (non-hydrogen) atoms. The molecule has 0 amide bonds.